The van der Waals surface area contributed by atoms with Crippen molar-refractivity contribution in [1.29, 1.82) is 5.26 Å². The number of aromatic nitrogens is 1. The van der Waals surface area contributed by atoms with Crippen molar-refractivity contribution < 1.29 is 27.2 Å². The second-order valence-electron chi connectivity index (χ2n) is 8.93. The van der Waals surface area contributed by atoms with E-state index in [0.29, 0.717) is 24.5 Å². The minimum absolute atomic E-state index is 0.0687. The minimum atomic E-state index is -4.87. The van der Waals surface area contributed by atoms with E-state index in [1.165, 1.54) is 41.8 Å². The van der Waals surface area contributed by atoms with Crippen LogP contribution in [0, 0.1) is 17.1 Å². The summed E-state index contributed by atoms with van der Waals surface area (Å²) in [5.74, 6) is -1.27. The molecule has 2 aromatic rings. The average Bonchev–Trinajstić information content (AvgIpc) is 2.97. The van der Waals surface area contributed by atoms with Crippen LogP contribution in [0.15, 0.2) is 30.5 Å². The summed E-state index contributed by atoms with van der Waals surface area (Å²) in [5, 5.41) is 8.83. The lowest BCUT2D eigenvalue weighted by molar-refractivity contribution is -0.138. The van der Waals surface area contributed by atoms with Crippen molar-refractivity contribution in [3.05, 3.63) is 53.1 Å². The van der Waals surface area contributed by atoms with Gasteiger partial charge in [-0.25, -0.2) is 9.37 Å². The van der Waals surface area contributed by atoms with Crippen LogP contribution >= 0.6 is 12.2 Å². The number of anilines is 2. The number of benzene rings is 1. The molecule has 12 heteroatoms. The number of alkyl halides is 3. The number of nitriles is 1. The lowest BCUT2D eigenvalue weighted by Crippen LogP contribution is -2.44. The number of amides is 2. The first-order valence-electron chi connectivity index (χ1n) is 10.8. The van der Waals surface area contributed by atoms with E-state index in [9.17, 15) is 27.2 Å². The number of carbonyl (C=O) groups is 2. The molecule has 2 heterocycles. The maximum absolute atomic E-state index is 14.9. The van der Waals surface area contributed by atoms with Gasteiger partial charge in [-0.1, -0.05) is 6.07 Å². The second-order valence-corrected chi connectivity index (χ2v) is 9.30. The van der Waals surface area contributed by atoms with Gasteiger partial charge in [-0.15, -0.1) is 0 Å². The number of carbonyl (C=O) groups excluding carboxylic acids is 2. The van der Waals surface area contributed by atoms with Crippen LogP contribution in [-0.2, 0) is 22.2 Å². The monoisotopic (exact) mass is 521 g/mol. The third-order valence-corrected chi connectivity index (χ3v) is 6.21. The summed E-state index contributed by atoms with van der Waals surface area (Å²) < 4.78 is 55.3. The predicted molar refractivity (Wildman–Crippen MR) is 129 cm³/mol. The van der Waals surface area contributed by atoms with Crippen molar-refractivity contribution >= 4 is 40.5 Å². The molecule has 1 aliphatic heterocycles. The molecule has 190 valence electrons. The van der Waals surface area contributed by atoms with Crippen molar-refractivity contribution in [2.75, 3.05) is 23.9 Å². The molecule has 0 radical (unpaired) electrons. The van der Waals surface area contributed by atoms with Crippen LogP contribution in [0.2, 0.25) is 0 Å². The SMILES string of the molecule is CN(C)C(=O)CCCc1ccc(N2C(=S)N(c3cnc(C#N)c(C(F)(F)F)c3)C(=O)C2(C)C)cc1F. The topological polar surface area (TPSA) is 80.5 Å². The maximum Gasteiger partial charge on any atom is 0.419 e. The standard InChI is InChI=1S/C24H23F4N5O2S/c1-23(2)21(35)32(16-10-17(24(26,27)28)19(12-29)30-13-16)22(36)33(23)15-9-8-14(18(25)11-15)6-5-7-20(34)31(3)4/h8-11,13H,5-7H2,1-4H3. The highest BCUT2D eigenvalue weighted by molar-refractivity contribution is 7.81. The van der Waals surface area contributed by atoms with Gasteiger partial charge in [0.25, 0.3) is 5.91 Å². The van der Waals surface area contributed by atoms with E-state index >= 15 is 0 Å². The molecule has 1 aromatic heterocycles. The fraction of sp³-hybridized carbons (Fsp3) is 0.375. The van der Waals surface area contributed by atoms with Gasteiger partial charge >= 0.3 is 6.18 Å². The number of thiocarbonyl (C=S) groups is 1. The Morgan fingerprint density at radius 1 is 1.22 bits per heavy atom. The van der Waals surface area contributed by atoms with Gasteiger partial charge in [0.1, 0.15) is 17.4 Å². The fourth-order valence-corrected chi connectivity index (χ4v) is 4.39. The van der Waals surface area contributed by atoms with Crippen LogP contribution < -0.4 is 9.80 Å². The quantitative estimate of drug-likeness (QED) is 0.413. The van der Waals surface area contributed by atoms with Crippen LogP contribution in [0.1, 0.15) is 43.5 Å². The van der Waals surface area contributed by atoms with Crippen LogP contribution in [0.5, 0.6) is 0 Å². The van der Waals surface area contributed by atoms with Crippen LogP contribution in [0.3, 0.4) is 0 Å². The van der Waals surface area contributed by atoms with E-state index in [-0.39, 0.29) is 28.8 Å². The molecule has 0 aliphatic carbocycles. The molecule has 2 amide bonds. The molecular formula is C24H23F4N5O2S. The Bertz CT molecular complexity index is 1270. The lowest BCUT2D eigenvalue weighted by Gasteiger charge is -2.29. The molecule has 0 spiro atoms. The first-order chi connectivity index (χ1) is 16.7. The second kappa shape index (κ2) is 9.81. The van der Waals surface area contributed by atoms with Gasteiger partial charge in [-0.2, -0.15) is 18.4 Å². The highest BCUT2D eigenvalue weighted by Gasteiger charge is 2.51. The van der Waals surface area contributed by atoms with Crippen molar-refractivity contribution in [2.45, 2.75) is 44.8 Å². The number of rotatable bonds is 6. The van der Waals surface area contributed by atoms with Gasteiger partial charge in [0.2, 0.25) is 5.91 Å². The third kappa shape index (κ3) is 5.02. The molecule has 1 saturated heterocycles. The Hall–Kier alpha value is -3.59. The van der Waals surface area contributed by atoms with Crippen molar-refractivity contribution in [1.82, 2.24) is 9.88 Å². The summed E-state index contributed by atoms with van der Waals surface area (Å²) in [6.45, 7) is 3.03. The van der Waals surface area contributed by atoms with E-state index in [2.05, 4.69) is 4.98 Å². The summed E-state index contributed by atoms with van der Waals surface area (Å²) >= 11 is 5.44. The molecule has 7 nitrogen and oxygen atoms in total. The molecule has 1 fully saturated rings. The van der Waals surface area contributed by atoms with Crippen molar-refractivity contribution in [3.8, 4) is 6.07 Å². The van der Waals surface area contributed by atoms with Crippen molar-refractivity contribution in [2.24, 2.45) is 0 Å². The van der Waals surface area contributed by atoms with Gasteiger partial charge in [-0.3, -0.25) is 14.5 Å². The first kappa shape index (κ1) is 27.0. The highest BCUT2D eigenvalue weighted by atomic mass is 32.1. The molecule has 0 saturated carbocycles. The first-order valence-corrected chi connectivity index (χ1v) is 11.3. The number of aryl methyl sites for hydroxylation is 1. The summed E-state index contributed by atoms with van der Waals surface area (Å²) in [6, 6.07) is 6.33. The number of hydrogen-bond acceptors (Lipinski definition) is 5. The zero-order valence-electron chi connectivity index (χ0n) is 20.0. The molecule has 36 heavy (non-hydrogen) atoms. The fourth-order valence-electron chi connectivity index (χ4n) is 3.87. The third-order valence-electron chi connectivity index (χ3n) is 5.84. The van der Waals surface area contributed by atoms with Crippen LogP contribution in [-0.4, -0.2) is 46.4 Å². The van der Waals surface area contributed by atoms with E-state index in [1.807, 2.05) is 0 Å². The summed E-state index contributed by atoms with van der Waals surface area (Å²) in [6.07, 6.45) is -2.87. The number of pyridine rings is 1. The summed E-state index contributed by atoms with van der Waals surface area (Å²) in [4.78, 5) is 32.3. The van der Waals surface area contributed by atoms with E-state index in [4.69, 9.17) is 17.5 Å². The number of nitrogens with zero attached hydrogens (tertiary/aromatic N) is 5. The average molecular weight is 522 g/mol. The van der Waals surface area contributed by atoms with E-state index in [0.717, 1.165) is 11.1 Å². The molecule has 0 atom stereocenters. The van der Waals surface area contributed by atoms with Gasteiger partial charge in [0.15, 0.2) is 10.8 Å². The number of hydrogen-bond donors (Lipinski definition) is 0. The highest BCUT2D eigenvalue weighted by Crippen LogP contribution is 2.39. The Labute approximate surface area is 210 Å². The summed E-state index contributed by atoms with van der Waals surface area (Å²) in [5.41, 5.74) is -3.11. The van der Waals surface area contributed by atoms with Gasteiger partial charge in [0, 0.05) is 26.2 Å². The molecule has 0 N–H and O–H groups in total. The number of halogens is 4. The predicted octanol–water partition coefficient (Wildman–Crippen LogP) is 4.44. The Morgan fingerprint density at radius 2 is 1.89 bits per heavy atom. The maximum atomic E-state index is 14.9. The van der Waals surface area contributed by atoms with Crippen LogP contribution in [0.25, 0.3) is 0 Å². The van der Waals surface area contributed by atoms with Crippen LogP contribution in [0.4, 0.5) is 28.9 Å². The Kier molecular flexibility index (Phi) is 7.36. The molecule has 1 aromatic carbocycles. The summed E-state index contributed by atoms with van der Waals surface area (Å²) in [7, 11) is 3.28. The van der Waals surface area contributed by atoms with Gasteiger partial charge in [-0.05, 0) is 62.7 Å². The van der Waals surface area contributed by atoms with E-state index < -0.39 is 34.7 Å². The smallest absolute Gasteiger partial charge is 0.349 e. The molecule has 0 unspecified atom stereocenters. The molecule has 1 aliphatic rings. The van der Waals surface area contributed by atoms with Gasteiger partial charge in [0.05, 0.1) is 17.4 Å². The zero-order valence-corrected chi connectivity index (χ0v) is 20.8. The van der Waals surface area contributed by atoms with Gasteiger partial charge < -0.3 is 9.80 Å². The Morgan fingerprint density at radius 3 is 2.44 bits per heavy atom. The molecule has 3 rings (SSSR count). The zero-order chi connectivity index (χ0) is 27.0. The van der Waals surface area contributed by atoms with E-state index in [1.54, 1.807) is 20.2 Å². The van der Waals surface area contributed by atoms with Crippen molar-refractivity contribution in [3.63, 3.8) is 0 Å². The lowest BCUT2D eigenvalue weighted by atomic mass is 10.0. The molecule has 0 bridgehead atoms. The normalized spacial score (nSPS) is 15.3. The minimum Gasteiger partial charge on any atom is -0.349 e. The molecular weight excluding hydrogens is 498 g/mol. The largest absolute Gasteiger partial charge is 0.419 e. The Balaban J connectivity index is 1.92.